The Hall–Kier alpha value is -1.56. The fourth-order valence-corrected chi connectivity index (χ4v) is 1.84. The van der Waals surface area contributed by atoms with E-state index < -0.39 is 0 Å². The minimum absolute atomic E-state index is 0.726. The van der Waals surface area contributed by atoms with Crippen molar-refractivity contribution in [3.8, 4) is 6.07 Å². The molecular weight excluding hydrogens is 174 g/mol. The highest BCUT2D eigenvalue weighted by molar-refractivity contribution is 5.40. The average Bonchev–Trinajstić information content (AvgIpc) is 2.30. The number of H-pyrrole nitrogens is 1. The number of hydrogen-bond donors (Lipinski definition) is 0. The van der Waals surface area contributed by atoms with Gasteiger partial charge in [0.15, 0.2) is 0 Å². The number of aromatic nitrogens is 1. The minimum atomic E-state index is 0.726. The summed E-state index contributed by atoms with van der Waals surface area (Å²) in [6.07, 6.45) is 5.67. The van der Waals surface area contributed by atoms with E-state index in [1.165, 1.54) is 19.3 Å². The van der Waals surface area contributed by atoms with Crippen molar-refractivity contribution in [1.82, 2.24) is 0 Å². The SMILES string of the molecule is N#Cc1cc[nH+]c(N2CCCCC2)c1. The fourth-order valence-electron chi connectivity index (χ4n) is 1.84. The molecule has 0 atom stereocenters. The van der Waals surface area contributed by atoms with Crippen LogP contribution < -0.4 is 9.88 Å². The smallest absolute Gasteiger partial charge is 0.262 e. The van der Waals surface area contributed by atoms with E-state index in [0.29, 0.717) is 0 Å². The molecule has 0 spiro atoms. The van der Waals surface area contributed by atoms with Crippen LogP contribution in [0.2, 0.25) is 0 Å². The Morgan fingerprint density at radius 2 is 2.07 bits per heavy atom. The quantitative estimate of drug-likeness (QED) is 0.667. The molecule has 0 unspecified atom stereocenters. The normalized spacial score (nSPS) is 16.4. The van der Waals surface area contributed by atoms with Gasteiger partial charge in [0.05, 0.1) is 30.9 Å². The van der Waals surface area contributed by atoms with Crippen molar-refractivity contribution in [2.45, 2.75) is 19.3 Å². The molecule has 1 N–H and O–H groups in total. The minimum Gasteiger partial charge on any atom is -0.262 e. The van der Waals surface area contributed by atoms with Gasteiger partial charge in [0.2, 0.25) is 0 Å². The number of pyridine rings is 1. The van der Waals surface area contributed by atoms with Crippen LogP contribution in [0.1, 0.15) is 24.8 Å². The third-order valence-corrected chi connectivity index (χ3v) is 2.61. The van der Waals surface area contributed by atoms with Gasteiger partial charge >= 0.3 is 0 Å². The maximum Gasteiger partial charge on any atom is 0.275 e. The van der Waals surface area contributed by atoms with Crippen molar-refractivity contribution in [3.63, 3.8) is 0 Å². The Balaban J connectivity index is 2.18. The second kappa shape index (κ2) is 4.10. The van der Waals surface area contributed by atoms with Gasteiger partial charge in [0, 0.05) is 6.07 Å². The van der Waals surface area contributed by atoms with Gasteiger partial charge in [-0.15, -0.1) is 0 Å². The van der Waals surface area contributed by atoms with E-state index in [0.717, 1.165) is 24.5 Å². The molecule has 0 saturated carbocycles. The number of piperidine rings is 1. The van der Waals surface area contributed by atoms with E-state index in [1.807, 2.05) is 12.3 Å². The second-order valence-corrected chi connectivity index (χ2v) is 3.62. The van der Waals surface area contributed by atoms with E-state index in [1.54, 1.807) is 6.07 Å². The number of nitrogens with zero attached hydrogens (tertiary/aromatic N) is 2. The van der Waals surface area contributed by atoms with Crippen molar-refractivity contribution in [3.05, 3.63) is 23.9 Å². The number of anilines is 1. The first-order chi connectivity index (χ1) is 6.90. The average molecular weight is 188 g/mol. The molecule has 3 nitrogen and oxygen atoms in total. The summed E-state index contributed by atoms with van der Waals surface area (Å²) >= 11 is 0. The summed E-state index contributed by atoms with van der Waals surface area (Å²) in [7, 11) is 0. The summed E-state index contributed by atoms with van der Waals surface area (Å²) in [5.41, 5.74) is 0.726. The predicted octanol–water partition coefficient (Wildman–Crippen LogP) is 1.36. The van der Waals surface area contributed by atoms with Crippen LogP contribution in [0.3, 0.4) is 0 Å². The first kappa shape index (κ1) is 9.01. The van der Waals surface area contributed by atoms with Crippen LogP contribution in [-0.4, -0.2) is 13.1 Å². The van der Waals surface area contributed by atoms with Gasteiger partial charge in [-0.25, -0.2) is 4.98 Å². The summed E-state index contributed by atoms with van der Waals surface area (Å²) < 4.78 is 0. The standard InChI is InChI=1S/C11H13N3/c12-9-10-4-5-13-11(8-10)14-6-2-1-3-7-14/h4-5,8H,1-3,6-7H2/p+1. The molecule has 0 aromatic carbocycles. The lowest BCUT2D eigenvalue weighted by Crippen LogP contribution is -2.33. The molecule has 1 fully saturated rings. The number of nitrogens with one attached hydrogen (secondary N) is 1. The Morgan fingerprint density at radius 3 is 2.79 bits per heavy atom. The molecule has 1 aliphatic heterocycles. The monoisotopic (exact) mass is 188 g/mol. The molecule has 72 valence electrons. The lowest BCUT2D eigenvalue weighted by Gasteiger charge is -2.20. The molecule has 1 aliphatic rings. The highest BCUT2D eigenvalue weighted by Gasteiger charge is 2.18. The Labute approximate surface area is 84.0 Å². The molecule has 0 amide bonds. The zero-order valence-electron chi connectivity index (χ0n) is 8.16. The van der Waals surface area contributed by atoms with Gasteiger partial charge in [-0.1, -0.05) is 0 Å². The molecule has 1 saturated heterocycles. The van der Waals surface area contributed by atoms with Crippen LogP contribution in [0, 0.1) is 11.3 Å². The molecule has 2 rings (SSSR count). The van der Waals surface area contributed by atoms with Crippen LogP contribution in [0.15, 0.2) is 18.3 Å². The molecule has 2 heterocycles. The molecular formula is C11H14N3+. The second-order valence-electron chi connectivity index (χ2n) is 3.62. The van der Waals surface area contributed by atoms with Gasteiger partial charge < -0.3 is 0 Å². The van der Waals surface area contributed by atoms with E-state index >= 15 is 0 Å². The molecule has 0 radical (unpaired) electrons. The molecule has 3 heteroatoms. The van der Waals surface area contributed by atoms with Gasteiger partial charge in [-0.05, 0) is 25.3 Å². The zero-order valence-corrected chi connectivity index (χ0v) is 8.16. The third-order valence-electron chi connectivity index (χ3n) is 2.61. The van der Waals surface area contributed by atoms with Crippen molar-refractivity contribution in [1.29, 1.82) is 5.26 Å². The van der Waals surface area contributed by atoms with Crippen molar-refractivity contribution < 1.29 is 4.98 Å². The number of rotatable bonds is 1. The lowest BCUT2D eigenvalue weighted by molar-refractivity contribution is -0.364. The van der Waals surface area contributed by atoms with Gasteiger partial charge in [0.25, 0.3) is 5.82 Å². The Kier molecular flexibility index (Phi) is 2.64. The van der Waals surface area contributed by atoms with E-state index in [4.69, 9.17) is 5.26 Å². The molecule has 14 heavy (non-hydrogen) atoms. The van der Waals surface area contributed by atoms with E-state index in [9.17, 15) is 0 Å². The molecule has 1 aromatic heterocycles. The summed E-state index contributed by atoms with van der Waals surface area (Å²) in [4.78, 5) is 5.50. The van der Waals surface area contributed by atoms with Crippen molar-refractivity contribution in [2.75, 3.05) is 18.0 Å². The Morgan fingerprint density at radius 1 is 1.29 bits per heavy atom. The van der Waals surface area contributed by atoms with E-state index in [2.05, 4.69) is 16.0 Å². The first-order valence-corrected chi connectivity index (χ1v) is 5.07. The number of nitriles is 1. The van der Waals surface area contributed by atoms with Gasteiger partial charge in [0.1, 0.15) is 0 Å². The summed E-state index contributed by atoms with van der Waals surface area (Å²) in [5.74, 6) is 1.07. The largest absolute Gasteiger partial charge is 0.275 e. The van der Waals surface area contributed by atoms with Crippen LogP contribution in [0.5, 0.6) is 0 Å². The summed E-state index contributed by atoms with van der Waals surface area (Å²) in [6, 6.07) is 5.88. The van der Waals surface area contributed by atoms with Gasteiger partial charge in [-0.3, -0.25) is 4.90 Å². The van der Waals surface area contributed by atoms with Crippen LogP contribution in [0.4, 0.5) is 5.82 Å². The number of aromatic amines is 1. The summed E-state index contributed by atoms with van der Waals surface area (Å²) in [6.45, 7) is 2.21. The van der Waals surface area contributed by atoms with Crippen LogP contribution in [0.25, 0.3) is 0 Å². The maximum absolute atomic E-state index is 8.78. The topological polar surface area (TPSA) is 41.2 Å². The Bertz CT molecular complexity index is 348. The van der Waals surface area contributed by atoms with E-state index in [-0.39, 0.29) is 0 Å². The number of hydrogen-bond acceptors (Lipinski definition) is 2. The first-order valence-electron chi connectivity index (χ1n) is 5.07. The summed E-state index contributed by atoms with van der Waals surface area (Å²) in [5, 5.41) is 8.78. The lowest BCUT2D eigenvalue weighted by atomic mass is 10.1. The van der Waals surface area contributed by atoms with Crippen molar-refractivity contribution in [2.24, 2.45) is 0 Å². The predicted molar refractivity (Wildman–Crippen MR) is 53.8 cm³/mol. The van der Waals surface area contributed by atoms with Crippen molar-refractivity contribution >= 4 is 5.82 Å². The highest BCUT2D eigenvalue weighted by Crippen LogP contribution is 2.15. The third kappa shape index (κ3) is 1.85. The molecule has 0 aliphatic carbocycles. The zero-order chi connectivity index (χ0) is 9.80. The molecule has 1 aromatic rings. The van der Waals surface area contributed by atoms with Crippen LogP contribution in [-0.2, 0) is 0 Å². The maximum atomic E-state index is 8.78. The molecule has 0 bridgehead atoms. The highest BCUT2D eigenvalue weighted by atomic mass is 15.2. The van der Waals surface area contributed by atoms with Gasteiger partial charge in [-0.2, -0.15) is 5.26 Å². The fraction of sp³-hybridized carbons (Fsp3) is 0.455. The van der Waals surface area contributed by atoms with Crippen LogP contribution >= 0.6 is 0 Å².